The third-order valence-corrected chi connectivity index (χ3v) is 3.42. The first-order valence-electron chi connectivity index (χ1n) is 6.22. The summed E-state index contributed by atoms with van der Waals surface area (Å²) < 4.78 is 5.64. The van der Waals surface area contributed by atoms with Crippen LogP contribution in [0.4, 0.5) is 0 Å². The molecule has 1 unspecified atom stereocenters. The van der Waals surface area contributed by atoms with Gasteiger partial charge in [-0.05, 0) is 37.3 Å². The largest absolute Gasteiger partial charge is 0.489 e. The topological polar surface area (TPSA) is 26.3 Å². The van der Waals surface area contributed by atoms with E-state index in [1.807, 2.05) is 24.3 Å². The Labute approximate surface area is 128 Å². The minimum Gasteiger partial charge on any atom is -0.489 e. The molecule has 0 heterocycles. The third kappa shape index (κ3) is 3.75. The molecule has 4 heteroatoms. The van der Waals surface area contributed by atoms with Crippen molar-refractivity contribution >= 4 is 29.0 Å². The Morgan fingerprint density at radius 3 is 2.40 bits per heavy atom. The Balaban J connectivity index is 2.01. The normalized spacial score (nSPS) is 11.9. The van der Waals surface area contributed by atoms with Crippen LogP contribution in [0, 0.1) is 0 Å². The summed E-state index contributed by atoms with van der Waals surface area (Å²) in [4.78, 5) is 11.7. The van der Waals surface area contributed by atoms with Crippen molar-refractivity contribution in [1.29, 1.82) is 0 Å². The van der Waals surface area contributed by atoms with E-state index in [1.165, 1.54) is 0 Å². The van der Waals surface area contributed by atoms with Gasteiger partial charge >= 0.3 is 0 Å². The van der Waals surface area contributed by atoms with Crippen LogP contribution in [0.2, 0.25) is 5.02 Å². The van der Waals surface area contributed by atoms with E-state index in [0.29, 0.717) is 22.9 Å². The van der Waals surface area contributed by atoms with Gasteiger partial charge in [0.25, 0.3) is 0 Å². The van der Waals surface area contributed by atoms with Gasteiger partial charge < -0.3 is 4.74 Å². The summed E-state index contributed by atoms with van der Waals surface area (Å²) in [5.74, 6) is 0.591. The lowest BCUT2D eigenvalue weighted by Gasteiger charge is -2.08. The first-order chi connectivity index (χ1) is 9.58. The standard InChI is InChI=1S/C16H14Cl2O2/c1-11(17)16(19)12-6-8-14(9-7-12)20-10-13-4-2-3-5-15(13)18/h2-9,11H,10H2,1H3. The molecule has 0 aromatic heterocycles. The molecular formula is C16H14Cl2O2. The van der Waals surface area contributed by atoms with Crippen LogP contribution in [0.3, 0.4) is 0 Å². The molecule has 2 aromatic rings. The molecule has 0 fully saturated rings. The summed E-state index contributed by atoms with van der Waals surface area (Å²) in [6.45, 7) is 2.05. The molecule has 104 valence electrons. The Hall–Kier alpha value is -1.51. The van der Waals surface area contributed by atoms with Gasteiger partial charge in [-0.15, -0.1) is 11.6 Å². The van der Waals surface area contributed by atoms with E-state index >= 15 is 0 Å². The van der Waals surface area contributed by atoms with Crippen molar-refractivity contribution in [2.75, 3.05) is 0 Å². The van der Waals surface area contributed by atoms with Crippen molar-refractivity contribution in [1.82, 2.24) is 0 Å². The molecule has 0 N–H and O–H groups in total. The average Bonchev–Trinajstić information content (AvgIpc) is 2.46. The smallest absolute Gasteiger partial charge is 0.180 e. The van der Waals surface area contributed by atoms with Crippen LogP contribution >= 0.6 is 23.2 Å². The number of ketones is 1. The summed E-state index contributed by atoms with van der Waals surface area (Å²) in [7, 11) is 0. The summed E-state index contributed by atoms with van der Waals surface area (Å²) in [5.41, 5.74) is 1.50. The number of Topliss-reactive ketones (excluding diaryl/α,β-unsaturated/α-hetero) is 1. The number of ether oxygens (including phenoxy) is 1. The van der Waals surface area contributed by atoms with Gasteiger partial charge in [0, 0.05) is 16.1 Å². The van der Waals surface area contributed by atoms with E-state index < -0.39 is 5.38 Å². The summed E-state index contributed by atoms with van der Waals surface area (Å²) >= 11 is 11.8. The van der Waals surface area contributed by atoms with Gasteiger partial charge in [-0.25, -0.2) is 0 Å². The molecule has 0 aliphatic carbocycles. The molecule has 0 radical (unpaired) electrons. The number of carbonyl (C=O) groups is 1. The fourth-order valence-corrected chi connectivity index (χ4v) is 2.04. The molecule has 1 atom stereocenters. The number of hydrogen-bond donors (Lipinski definition) is 0. The molecule has 0 bridgehead atoms. The van der Waals surface area contributed by atoms with Gasteiger partial charge in [-0.3, -0.25) is 4.79 Å². The van der Waals surface area contributed by atoms with E-state index in [2.05, 4.69) is 0 Å². The Bertz CT molecular complexity index is 592. The number of halogens is 2. The number of carbonyl (C=O) groups excluding carboxylic acids is 1. The van der Waals surface area contributed by atoms with Gasteiger partial charge in [-0.1, -0.05) is 29.8 Å². The fourth-order valence-electron chi connectivity index (χ4n) is 1.72. The van der Waals surface area contributed by atoms with Crippen LogP contribution in [0.15, 0.2) is 48.5 Å². The molecular weight excluding hydrogens is 295 g/mol. The quantitative estimate of drug-likeness (QED) is 0.589. The van der Waals surface area contributed by atoms with Crippen LogP contribution in [0.1, 0.15) is 22.8 Å². The number of alkyl halides is 1. The second kappa shape index (κ2) is 6.78. The highest BCUT2D eigenvalue weighted by molar-refractivity contribution is 6.33. The lowest BCUT2D eigenvalue weighted by atomic mass is 10.1. The molecule has 2 nitrogen and oxygen atoms in total. The fraction of sp³-hybridized carbons (Fsp3) is 0.188. The molecule has 0 saturated heterocycles. The van der Waals surface area contributed by atoms with Crippen molar-refractivity contribution in [3.8, 4) is 5.75 Å². The van der Waals surface area contributed by atoms with Crippen LogP contribution in [-0.4, -0.2) is 11.2 Å². The first kappa shape index (κ1) is 14.9. The highest BCUT2D eigenvalue weighted by atomic mass is 35.5. The molecule has 2 rings (SSSR count). The van der Waals surface area contributed by atoms with Gasteiger partial charge in [0.05, 0.1) is 5.38 Å². The van der Waals surface area contributed by atoms with Crippen LogP contribution < -0.4 is 4.74 Å². The first-order valence-corrected chi connectivity index (χ1v) is 7.04. The Morgan fingerprint density at radius 1 is 1.15 bits per heavy atom. The minimum absolute atomic E-state index is 0.0932. The van der Waals surface area contributed by atoms with Crippen LogP contribution in [0.25, 0.3) is 0 Å². The molecule has 0 spiro atoms. The highest BCUT2D eigenvalue weighted by Gasteiger charge is 2.11. The van der Waals surface area contributed by atoms with Crippen LogP contribution in [0.5, 0.6) is 5.75 Å². The lowest BCUT2D eigenvalue weighted by Crippen LogP contribution is -2.10. The zero-order chi connectivity index (χ0) is 14.5. The van der Waals surface area contributed by atoms with Crippen molar-refractivity contribution in [3.05, 3.63) is 64.7 Å². The molecule has 20 heavy (non-hydrogen) atoms. The summed E-state index contributed by atoms with van der Waals surface area (Å²) in [6.07, 6.45) is 0. The maximum absolute atomic E-state index is 11.7. The zero-order valence-corrected chi connectivity index (χ0v) is 12.5. The molecule has 2 aromatic carbocycles. The Kier molecular flexibility index (Phi) is 5.05. The van der Waals surface area contributed by atoms with E-state index in [4.69, 9.17) is 27.9 Å². The predicted octanol–water partition coefficient (Wildman–Crippen LogP) is 4.73. The second-order valence-electron chi connectivity index (χ2n) is 4.38. The van der Waals surface area contributed by atoms with Crippen molar-refractivity contribution < 1.29 is 9.53 Å². The average molecular weight is 309 g/mol. The zero-order valence-electron chi connectivity index (χ0n) is 11.0. The van der Waals surface area contributed by atoms with Gasteiger partial charge in [0.2, 0.25) is 0 Å². The number of hydrogen-bond acceptors (Lipinski definition) is 2. The van der Waals surface area contributed by atoms with E-state index in [1.54, 1.807) is 31.2 Å². The van der Waals surface area contributed by atoms with E-state index in [9.17, 15) is 4.79 Å². The van der Waals surface area contributed by atoms with Crippen molar-refractivity contribution in [2.45, 2.75) is 18.9 Å². The number of benzene rings is 2. The SMILES string of the molecule is CC(Cl)C(=O)c1ccc(OCc2ccccc2Cl)cc1. The van der Waals surface area contributed by atoms with Crippen molar-refractivity contribution in [3.63, 3.8) is 0 Å². The monoisotopic (exact) mass is 308 g/mol. The summed E-state index contributed by atoms with van der Waals surface area (Å²) in [6, 6.07) is 14.5. The maximum Gasteiger partial charge on any atom is 0.180 e. The third-order valence-electron chi connectivity index (χ3n) is 2.85. The summed E-state index contributed by atoms with van der Waals surface area (Å²) in [5, 5.41) is 0.153. The van der Waals surface area contributed by atoms with Gasteiger partial charge in [0.15, 0.2) is 5.78 Å². The van der Waals surface area contributed by atoms with Crippen LogP contribution in [-0.2, 0) is 6.61 Å². The molecule has 0 aliphatic heterocycles. The minimum atomic E-state index is -0.523. The maximum atomic E-state index is 11.7. The number of rotatable bonds is 5. The van der Waals surface area contributed by atoms with Gasteiger partial charge in [-0.2, -0.15) is 0 Å². The van der Waals surface area contributed by atoms with E-state index in [-0.39, 0.29) is 5.78 Å². The molecule has 0 saturated carbocycles. The van der Waals surface area contributed by atoms with Gasteiger partial charge in [0.1, 0.15) is 12.4 Å². The van der Waals surface area contributed by atoms with E-state index in [0.717, 1.165) is 5.56 Å². The molecule has 0 amide bonds. The Morgan fingerprint density at radius 2 is 1.80 bits per heavy atom. The molecule has 0 aliphatic rings. The van der Waals surface area contributed by atoms with Crippen molar-refractivity contribution in [2.24, 2.45) is 0 Å². The highest BCUT2D eigenvalue weighted by Crippen LogP contribution is 2.19. The predicted molar refractivity (Wildman–Crippen MR) is 81.9 cm³/mol. The lowest BCUT2D eigenvalue weighted by molar-refractivity contribution is 0.0991. The second-order valence-corrected chi connectivity index (χ2v) is 5.45.